The fourth-order valence-corrected chi connectivity index (χ4v) is 3.76. The van der Waals surface area contributed by atoms with E-state index in [4.69, 9.17) is 0 Å². The van der Waals surface area contributed by atoms with Gasteiger partial charge in [0.2, 0.25) is 0 Å². The Hall–Kier alpha value is -1.85. The first-order valence-electron chi connectivity index (χ1n) is 7.89. The van der Waals surface area contributed by atoms with Gasteiger partial charge in [-0.1, -0.05) is 18.2 Å². The minimum absolute atomic E-state index is 0. The van der Waals surface area contributed by atoms with Crippen molar-refractivity contribution in [3.8, 4) is 0 Å². The predicted octanol–water partition coefficient (Wildman–Crippen LogP) is 1.92. The summed E-state index contributed by atoms with van der Waals surface area (Å²) in [6.07, 6.45) is 3.03. The topological polar surface area (TPSA) is 65.2 Å². The third kappa shape index (κ3) is 2.75. The molecule has 6 heteroatoms. The number of aromatic nitrogens is 1. The third-order valence-electron chi connectivity index (χ3n) is 4.87. The largest absolute Gasteiger partial charge is 0.331 e. The number of pyridine rings is 1. The number of carbonyl (C=O) groups is 1. The Morgan fingerprint density at radius 1 is 1.13 bits per heavy atom. The molecular weight excluding hydrogens is 314 g/mol. The number of hydrogen-bond donors (Lipinski definition) is 2. The summed E-state index contributed by atoms with van der Waals surface area (Å²) in [6, 6.07) is 9.76. The molecular formula is C17H20ClN3O2. The lowest BCUT2D eigenvalue weighted by molar-refractivity contribution is 0.0678. The van der Waals surface area contributed by atoms with Gasteiger partial charge in [-0.05, 0) is 43.3 Å². The van der Waals surface area contributed by atoms with Gasteiger partial charge in [-0.15, -0.1) is 12.4 Å². The van der Waals surface area contributed by atoms with Gasteiger partial charge < -0.3 is 15.2 Å². The van der Waals surface area contributed by atoms with Gasteiger partial charge >= 0.3 is 0 Å². The van der Waals surface area contributed by atoms with Crippen LogP contribution in [-0.4, -0.2) is 41.0 Å². The molecule has 0 spiro atoms. The molecule has 2 saturated heterocycles. The second-order valence-electron chi connectivity index (χ2n) is 6.19. The van der Waals surface area contributed by atoms with Crippen LogP contribution < -0.4 is 10.9 Å². The van der Waals surface area contributed by atoms with Crippen molar-refractivity contribution in [2.75, 3.05) is 13.1 Å². The summed E-state index contributed by atoms with van der Waals surface area (Å²) >= 11 is 0. The number of hydrogen-bond acceptors (Lipinski definition) is 3. The molecule has 1 amide bonds. The first-order chi connectivity index (χ1) is 10.7. The Morgan fingerprint density at radius 2 is 1.91 bits per heavy atom. The number of H-pyrrole nitrogens is 1. The van der Waals surface area contributed by atoms with Crippen molar-refractivity contribution < 1.29 is 4.79 Å². The summed E-state index contributed by atoms with van der Waals surface area (Å²) in [4.78, 5) is 30.0. The number of amides is 1. The van der Waals surface area contributed by atoms with E-state index in [-0.39, 0.29) is 41.5 Å². The molecule has 2 bridgehead atoms. The smallest absolute Gasteiger partial charge is 0.261 e. The first-order valence-corrected chi connectivity index (χ1v) is 7.89. The van der Waals surface area contributed by atoms with Crippen molar-refractivity contribution in [3.05, 3.63) is 46.2 Å². The number of halogens is 1. The molecule has 5 nitrogen and oxygen atoms in total. The number of benzene rings is 1. The van der Waals surface area contributed by atoms with Crippen LogP contribution in [0.25, 0.3) is 10.9 Å². The van der Waals surface area contributed by atoms with Gasteiger partial charge in [-0.3, -0.25) is 9.59 Å². The summed E-state index contributed by atoms with van der Waals surface area (Å²) in [5.74, 6) is -0.122. The van der Waals surface area contributed by atoms with E-state index in [9.17, 15) is 9.59 Å². The van der Waals surface area contributed by atoms with Crippen molar-refractivity contribution in [1.82, 2.24) is 15.2 Å². The predicted molar refractivity (Wildman–Crippen MR) is 92.3 cm³/mol. The van der Waals surface area contributed by atoms with Crippen LogP contribution >= 0.6 is 12.4 Å². The van der Waals surface area contributed by atoms with E-state index < -0.39 is 0 Å². The summed E-state index contributed by atoms with van der Waals surface area (Å²) in [5, 5.41) is 4.27. The van der Waals surface area contributed by atoms with Gasteiger partial charge in [0, 0.05) is 24.1 Å². The van der Waals surface area contributed by atoms with Crippen LogP contribution in [0.5, 0.6) is 0 Å². The van der Waals surface area contributed by atoms with Crippen LogP contribution in [0.4, 0.5) is 0 Å². The zero-order valence-corrected chi connectivity index (χ0v) is 13.6. The van der Waals surface area contributed by atoms with E-state index in [2.05, 4.69) is 10.3 Å². The molecule has 1 aromatic carbocycles. The average Bonchev–Trinajstić information content (AvgIpc) is 2.79. The fourth-order valence-electron chi connectivity index (χ4n) is 3.76. The fraction of sp³-hybridized carbons (Fsp3) is 0.412. The Kier molecular flexibility index (Phi) is 4.41. The highest BCUT2D eigenvalue weighted by atomic mass is 35.5. The molecule has 2 aliphatic heterocycles. The maximum Gasteiger partial charge on any atom is 0.261 e. The van der Waals surface area contributed by atoms with Crippen LogP contribution in [-0.2, 0) is 0 Å². The SMILES string of the molecule is Cl.O=C(c1cc2ccccc2[nH]c1=O)N1C2CCNCC1CC2. The van der Waals surface area contributed by atoms with Gasteiger partial charge in [0.05, 0.1) is 0 Å². The van der Waals surface area contributed by atoms with E-state index in [0.29, 0.717) is 0 Å². The molecule has 122 valence electrons. The van der Waals surface area contributed by atoms with Crippen molar-refractivity contribution in [3.63, 3.8) is 0 Å². The zero-order valence-electron chi connectivity index (χ0n) is 12.7. The lowest BCUT2D eigenvalue weighted by Gasteiger charge is -2.27. The molecule has 2 N–H and O–H groups in total. The van der Waals surface area contributed by atoms with Crippen molar-refractivity contribution in [2.45, 2.75) is 31.3 Å². The third-order valence-corrected chi connectivity index (χ3v) is 4.87. The molecule has 2 aliphatic rings. The minimum atomic E-state index is -0.291. The summed E-state index contributed by atoms with van der Waals surface area (Å²) in [7, 11) is 0. The molecule has 0 aliphatic carbocycles. The summed E-state index contributed by atoms with van der Waals surface area (Å²) in [5.41, 5.74) is 0.738. The van der Waals surface area contributed by atoms with Crippen LogP contribution in [0.2, 0.25) is 0 Å². The van der Waals surface area contributed by atoms with Gasteiger partial charge in [0.15, 0.2) is 0 Å². The standard InChI is InChI=1S/C17H19N3O2.ClH/c21-16-14(9-11-3-1-2-4-15(11)19-16)17(22)20-12-5-6-13(20)10-18-8-7-12;/h1-4,9,12-13,18H,5-8,10H2,(H,19,21);1H. The molecule has 4 rings (SSSR count). The van der Waals surface area contributed by atoms with Gasteiger partial charge in [0.25, 0.3) is 11.5 Å². The molecule has 23 heavy (non-hydrogen) atoms. The number of nitrogens with zero attached hydrogens (tertiary/aromatic N) is 1. The summed E-state index contributed by atoms with van der Waals surface area (Å²) in [6.45, 7) is 1.77. The highest BCUT2D eigenvalue weighted by Crippen LogP contribution is 2.29. The second-order valence-corrected chi connectivity index (χ2v) is 6.19. The normalized spacial score (nSPS) is 23.4. The van der Waals surface area contributed by atoms with Crippen LogP contribution in [0.1, 0.15) is 29.6 Å². The number of para-hydroxylation sites is 1. The molecule has 2 fully saturated rings. The molecule has 0 radical (unpaired) electrons. The summed E-state index contributed by atoms with van der Waals surface area (Å²) < 4.78 is 0. The molecule has 3 heterocycles. The van der Waals surface area contributed by atoms with Crippen LogP contribution in [0, 0.1) is 0 Å². The number of fused-ring (bicyclic) bond motifs is 3. The highest BCUT2D eigenvalue weighted by molar-refractivity contribution is 5.97. The quantitative estimate of drug-likeness (QED) is 0.838. The maximum atomic E-state index is 13.0. The maximum absolute atomic E-state index is 13.0. The lowest BCUT2D eigenvalue weighted by Crippen LogP contribution is -2.44. The molecule has 0 saturated carbocycles. The van der Waals surface area contributed by atoms with E-state index >= 15 is 0 Å². The molecule has 2 aromatic rings. The number of carbonyl (C=O) groups excluding carboxylic acids is 1. The number of aromatic amines is 1. The van der Waals surface area contributed by atoms with E-state index in [1.807, 2.05) is 29.2 Å². The molecule has 2 atom stereocenters. The Morgan fingerprint density at radius 3 is 2.78 bits per heavy atom. The molecule has 2 unspecified atom stereocenters. The zero-order chi connectivity index (χ0) is 15.1. The average molecular weight is 334 g/mol. The Labute approximate surface area is 140 Å². The number of rotatable bonds is 1. The van der Waals surface area contributed by atoms with Gasteiger partial charge in [0.1, 0.15) is 5.56 Å². The van der Waals surface area contributed by atoms with E-state index in [1.165, 1.54) is 0 Å². The van der Waals surface area contributed by atoms with Crippen molar-refractivity contribution >= 4 is 29.2 Å². The van der Waals surface area contributed by atoms with Gasteiger partial charge in [-0.25, -0.2) is 0 Å². The first kappa shape index (κ1) is 16.0. The van der Waals surface area contributed by atoms with Crippen LogP contribution in [0.3, 0.4) is 0 Å². The minimum Gasteiger partial charge on any atom is -0.331 e. The van der Waals surface area contributed by atoms with E-state index in [1.54, 1.807) is 6.07 Å². The lowest BCUT2D eigenvalue weighted by atomic mass is 10.1. The monoisotopic (exact) mass is 333 g/mol. The Balaban J connectivity index is 0.00000156. The van der Waals surface area contributed by atoms with Gasteiger partial charge in [-0.2, -0.15) is 0 Å². The Bertz CT molecular complexity index is 775. The van der Waals surface area contributed by atoms with E-state index in [0.717, 1.165) is 43.3 Å². The molecule has 1 aromatic heterocycles. The highest BCUT2D eigenvalue weighted by Gasteiger charge is 2.39. The van der Waals surface area contributed by atoms with Crippen LogP contribution in [0.15, 0.2) is 35.1 Å². The van der Waals surface area contributed by atoms with Crippen molar-refractivity contribution in [1.29, 1.82) is 0 Å². The van der Waals surface area contributed by atoms with Crippen molar-refractivity contribution in [2.24, 2.45) is 0 Å². The number of nitrogens with one attached hydrogen (secondary N) is 2. The second kappa shape index (κ2) is 6.34.